The number of nitrogens with zero attached hydrogens (tertiary/aromatic N) is 4. The Morgan fingerprint density at radius 3 is 2.50 bits per heavy atom. The predicted octanol–water partition coefficient (Wildman–Crippen LogP) is 2.37. The third-order valence-electron chi connectivity index (χ3n) is 3.61. The highest BCUT2D eigenvalue weighted by Crippen LogP contribution is 2.63. The van der Waals surface area contributed by atoms with E-state index in [2.05, 4.69) is 18.9 Å². The number of thioether (sulfide) groups is 2. The van der Waals surface area contributed by atoms with Crippen LogP contribution in [0.5, 0.6) is 0 Å². The predicted molar refractivity (Wildman–Crippen MR) is 78.0 cm³/mol. The van der Waals surface area contributed by atoms with E-state index in [1.54, 1.807) is 23.5 Å². The summed E-state index contributed by atoms with van der Waals surface area (Å²) in [6.45, 7) is 4.43. The fraction of sp³-hybridized carbons (Fsp3) is 0.583. The standard InChI is InChI=1S/C12H14N4S2/c1-12(2)8-9(12)11(18-4)16(7(5-13)6-14)15-10(8)17-3/h8-9H,1-4H3. The molecule has 0 aromatic heterocycles. The van der Waals surface area contributed by atoms with E-state index in [9.17, 15) is 0 Å². The molecule has 1 aliphatic heterocycles. The molecular formula is C12H14N4S2. The molecule has 2 unspecified atom stereocenters. The molecule has 0 bridgehead atoms. The maximum absolute atomic E-state index is 9.03. The molecule has 1 fully saturated rings. The molecule has 94 valence electrons. The van der Waals surface area contributed by atoms with Gasteiger partial charge >= 0.3 is 5.70 Å². The Morgan fingerprint density at radius 2 is 2.06 bits per heavy atom. The second kappa shape index (κ2) is 4.58. The molecule has 1 saturated carbocycles. The van der Waals surface area contributed by atoms with Crippen LogP contribution in [0.25, 0.3) is 5.41 Å². The van der Waals surface area contributed by atoms with Crippen LogP contribution in [-0.2, 0) is 0 Å². The van der Waals surface area contributed by atoms with Crippen LogP contribution in [-0.4, -0.2) is 33.2 Å². The van der Waals surface area contributed by atoms with Crippen molar-refractivity contribution >= 4 is 39.5 Å². The summed E-state index contributed by atoms with van der Waals surface area (Å²) in [7, 11) is 0. The zero-order valence-corrected chi connectivity index (χ0v) is 12.4. The van der Waals surface area contributed by atoms with Crippen LogP contribution in [0, 0.1) is 28.6 Å². The molecule has 4 nitrogen and oxygen atoms in total. The molecule has 0 saturated heterocycles. The van der Waals surface area contributed by atoms with Crippen LogP contribution in [0.1, 0.15) is 13.8 Å². The molecule has 0 N–H and O–H groups in total. The molecule has 2 aliphatic rings. The largest absolute Gasteiger partial charge is 0.757 e. The number of hydrogen-bond acceptors (Lipinski definition) is 4. The van der Waals surface area contributed by atoms with Crippen molar-refractivity contribution in [1.29, 1.82) is 5.26 Å². The molecule has 0 spiro atoms. The molecule has 0 amide bonds. The SMILES string of the molecule is CSC1=N[N+](C(=C=[N-])C#N)=C(SC)C2C1C2(C)C. The minimum absolute atomic E-state index is 0.0482. The van der Waals surface area contributed by atoms with E-state index in [1.807, 2.05) is 24.5 Å². The summed E-state index contributed by atoms with van der Waals surface area (Å²) in [5.74, 6) is 2.74. The highest BCUT2D eigenvalue weighted by molar-refractivity contribution is 8.14. The Labute approximate surface area is 115 Å². The lowest BCUT2D eigenvalue weighted by atomic mass is 10.1. The summed E-state index contributed by atoms with van der Waals surface area (Å²) in [6, 6.07) is 1.93. The summed E-state index contributed by atoms with van der Waals surface area (Å²) in [6.07, 6.45) is 3.96. The number of nitriles is 1. The van der Waals surface area contributed by atoms with Crippen LogP contribution < -0.4 is 0 Å². The summed E-state index contributed by atoms with van der Waals surface area (Å²) < 4.78 is 1.53. The van der Waals surface area contributed by atoms with Crippen LogP contribution >= 0.6 is 23.5 Å². The molecule has 0 aromatic carbocycles. The quantitative estimate of drug-likeness (QED) is 0.420. The Balaban J connectivity index is 2.59. The average molecular weight is 278 g/mol. The Hall–Kier alpha value is -1.02. The number of fused-ring (bicyclic) bond motifs is 1. The highest BCUT2D eigenvalue weighted by Gasteiger charge is 2.68. The van der Waals surface area contributed by atoms with Crippen LogP contribution in [0.2, 0.25) is 0 Å². The lowest BCUT2D eigenvalue weighted by Crippen LogP contribution is -2.23. The van der Waals surface area contributed by atoms with Crippen molar-refractivity contribution in [2.45, 2.75) is 13.8 Å². The van der Waals surface area contributed by atoms with Gasteiger partial charge in [0.25, 0.3) is 5.04 Å². The lowest BCUT2D eigenvalue weighted by Gasteiger charge is -2.07. The molecule has 1 heterocycles. The van der Waals surface area contributed by atoms with Gasteiger partial charge in [-0.15, -0.1) is 11.8 Å². The van der Waals surface area contributed by atoms with E-state index in [-0.39, 0.29) is 11.1 Å². The smallest absolute Gasteiger partial charge is 0.336 e. The van der Waals surface area contributed by atoms with Crippen molar-refractivity contribution in [2.24, 2.45) is 22.4 Å². The fourth-order valence-corrected chi connectivity index (χ4v) is 4.42. The molecule has 2 rings (SSSR count). The molecule has 2 atom stereocenters. The van der Waals surface area contributed by atoms with E-state index in [1.165, 1.54) is 4.68 Å². The van der Waals surface area contributed by atoms with E-state index in [0.717, 1.165) is 10.1 Å². The third-order valence-corrected chi connectivity index (χ3v) is 5.21. The van der Waals surface area contributed by atoms with Gasteiger partial charge in [0.2, 0.25) is 0 Å². The third kappa shape index (κ3) is 1.74. The van der Waals surface area contributed by atoms with Crippen molar-refractivity contribution in [2.75, 3.05) is 12.5 Å². The minimum atomic E-state index is 0.0482. The van der Waals surface area contributed by atoms with Gasteiger partial charge in [-0.05, 0) is 22.6 Å². The molecule has 18 heavy (non-hydrogen) atoms. The first-order valence-corrected chi connectivity index (χ1v) is 7.98. The second-order valence-electron chi connectivity index (χ2n) is 4.85. The van der Waals surface area contributed by atoms with E-state index < -0.39 is 0 Å². The normalized spacial score (nSPS) is 27.8. The van der Waals surface area contributed by atoms with Gasteiger partial charge in [0.1, 0.15) is 5.04 Å². The Kier molecular flexibility index (Phi) is 3.41. The molecular weight excluding hydrogens is 264 g/mol. The van der Waals surface area contributed by atoms with Gasteiger partial charge in [-0.2, -0.15) is 11.1 Å². The maximum atomic E-state index is 9.03. The van der Waals surface area contributed by atoms with Crippen LogP contribution in [0.4, 0.5) is 0 Å². The van der Waals surface area contributed by atoms with Gasteiger partial charge < -0.3 is 5.41 Å². The first kappa shape index (κ1) is 13.4. The van der Waals surface area contributed by atoms with Gasteiger partial charge in [0.05, 0.1) is 5.92 Å². The van der Waals surface area contributed by atoms with Crippen LogP contribution in [0.15, 0.2) is 10.8 Å². The molecule has 1 aliphatic carbocycles. The van der Waals surface area contributed by atoms with Gasteiger partial charge in [0, 0.05) is 11.0 Å². The second-order valence-corrected chi connectivity index (χ2v) is 6.50. The molecule has 0 radical (unpaired) electrons. The van der Waals surface area contributed by atoms with Gasteiger partial charge in [0.15, 0.2) is 6.07 Å². The van der Waals surface area contributed by atoms with Gasteiger partial charge in [-0.1, -0.05) is 25.6 Å². The zero-order chi connectivity index (χ0) is 13.5. The lowest BCUT2D eigenvalue weighted by molar-refractivity contribution is -0.473. The summed E-state index contributed by atoms with van der Waals surface area (Å²) in [4.78, 5) is 0. The highest BCUT2D eigenvalue weighted by atomic mass is 32.2. The van der Waals surface area contributed by atoms with Gasteiger partial charge in [-0.3, -0.25) is 0 Å². The Morgan fingerprint density at radius 1 is 1.39 bits per heavy atom. The minimum Gasteiger partial charge on any atom is -0.757 e. The molecule has 6 heteroatoms. The average Bonchev–Trinajstić information content (AvgIpc) is 2.93. The van der Waals surface area contributed by atoms with Crippen molar-refractivity contribution in [3.63, 3.8) is 0 Å². The summed E-state index contributed by atoms with van der Waals surface area (Å²) in [5, 5.41) is 24.6. The van der Waals surface area contributed by atoms with Crippen molar-refractivity contribution in [1.82, 2.24) is 0 Å². The zero-order valence-electron chi connectivity index (χ0n) is 10.8. The maximum Gasteiger partial charge on any atom is 0.336 e. The topological polar surface area (TPSA) is 61.5 Å². The van der Waals surface area contributed by atoms with Crippen molar-refractivity contribution in [3.8, 4) is 6.07 Å². The van der Waals surface area contributed by atoms with E-state index in [4.69, 9.17) is 10.7 Å². The Bertz CT molecular complexity index is 547. The summed E-state index contributed by atoms with van der Waals surface area (Å²) >= 11 is 3.19. The van der Waals surface area contributed by atoms with Crippen molar-refractivity contribution in [3.05, 3.63) is 11.1 Å². The first-order valence-electron chi connectivity index (χ1n) is 5.53. The first-order chi connectivity index (χ1) is 8.52. The summed E-state index contributed by atoms with van der Waals surface area (Å²) in [5.41, 5.74) is 0.220. The molecule has 0 aromatic rings. The van der Waals surface area contributed by atoms with E-state index >= 15 is 0 Å². The van der Waals surface area contributed by atoms with Crippen molar-refractivity contribution < 1.29 is 4.68 Å². The number of hydrazone groups is 1. The number of rotatable bonds is 1. The number of hydrogen-bond donors (Lipinski definition) is 0. The van der Waals surface area contributed by atoms with Crippen LogP contribution in [0.3, 0.4) is 0 Å². The fourth-order valence-electron chi connectivity index (χ4n) is 2.56. The number of allylic oxidation sites excluding steroid dienone is 1. The van der Waals surface area contributed by atoms with Gasteiger partial charge in [-0.25, -0.2) is 0 Å². The monoisotopic (exact) mass is 278 g/mol. The van der Waals surface area contributed by atoms with E-state index in [0.29, 0.717) is 11.8 Å².